The Bertz CT molecular complexity index is 981. The van der Waals surface area contributed by atoms with E-state index in [9.17, 15) is 14.4 Å². The van der Waals surface area contributed by atoms with E-state index in [1.165, 1.54) is 30.0 Å². The van der Waals surface area contributed by atoms with Crippen LogP contribution in [-0.2, 0) is 29.3 Å². The van der Waals surface area contributed by atoms with Crippen LogP contribution in [0.15, 0.2) is 72.4 Å². The lowest BCUT2D eigenvalue weighted by Crippen LogP contribution is -2.81. The van der Waals surface area contributed by atoms with Crippen LogP contribution in [0.2, 0.25) is 0 Å². The number of fused-ring (bicyclic) bond motifs is 1. The molecule has 0 saturated carbocycles. The van der Waals surface area contributed by atoms with Gasteiger partial charge in [0, 0.05) is 12.0 Å². The Morgan fingerprint density at radius 3 is 2.10 bits per heavy atom. The van der Waals surface area contributed by atoms with Crippen molar-refractivity contribution >= 4 is 29.6 Å². The first kappa shape index (κ1) is 20.2. The summed E-state index contributed by atoms with van der Waals surface area (Å²) in [5.41, 5.74) is 0.455. The zero-order chi connectivity index (χ0) is 21.4. The average Bonchev–Trinajstić information content (AvgIpc) is 2.79. The average molecular weight is 423 g/mol. The molecule has 1 saturated heterocycles. The molecule has 1 unspecified atom stereocenters. The number of nitrogens with zero attached hydrogens (tertiary/aromatic N) is 1. The van der Waals surface area contributed by atoms with Crippen molar-refractivity contribution in [2.75, 3.05) is 19.5 Å². The van der Waals surface area contributed by atoms with E-state index < -0.39 is 22.2 Å². The highest BCUT2D eigenvalue weighted by atomic mass is 32.2. The predicted octanol–water partition coefficient (Wildman–Crippen LogP) is 2.88. The number of hydrogen-bond donors (Lipinski definition) is 0. The highest BCUT2D eigenvalue weighted by Gasteiger charge is 2.78. The van der Waals surface area contributed by atoms with Gasteiger partial charge in [0.15, 0.2) is 0 Å². The van der Waals surface area contributed by atoms with Crippen molar-refractivity contribution in [1.82, 2.24) is 4.90 Å². The molecular weight excluding hydrogens is 402 g/mol. The Balaban J connectivity index is 1.99. The maximum absolute atomic E-state index is 13.8. The number of carbonyl (C=O) groups excluding carboxylic acids is 3. The van der Waals surface area contributed by atoms with Gasteiger partial charge < -0.3 is 9.47 Å². The second-order valence-electron chi connectivity index (χ2n) is 6.96. The van der Waals surface area contributed by atoms with Crippen LogP contribution in [-0.4, -0.2) is 47.1 Å². The molecule has 2 aliphatic heterocycles. The summed E-state index contributed by atoms with van der Waals surface area (Å²) in [6.07, 6.45) is 1.44. The molecule has 4 rings (SSSR count). The van der Waals surface area contributed by atoms with Crippen LogP contribution in [0, 0.1) is 0 Å². The number of thioether (sulfide) groups is 1. The smallest absolute Gasteiger partial charge is 0.345 e. The van der Waals surface area contributed by atoms with Gasteiger partial charge in [-0.2, -0.15) is 0 Å². The number of ether oxygens (including phenoxy) is 2. The Morgan fingerprint density at radius 1 is 1.03 bits per heavy atom. The lowest BCUT2D eigenvalue weighted by atomic mass is 9.61. The number of amides is 1. The maximum atomic E-state index is 13.8. The van der Waals surface area contributed by atoms with Crippen molar-refractivity contribution < 1.29 is 23.9 Å². The summed E-state index contributed by atoms with van der Waals surface area (Å²) in [7, 11) is 1.29. The normalized spacial score (nSPS) is 21.7. The second kappa shape index (κ2) is 7.65. The van der Waals surface area contributed by atoms with Crippen LogP contribution in [0.4, 0.5) is 0 Å². The van der Waals surface area contributed by atoms with E-state index in [-0.39, 0.29) is 18.3 Å². The van der Waals surface area contributed by atoms with Gasteiger partial charge in [0.05, 0.1) is 19.3 Å². The first-order chi connectivity index (χ1) is 14.5. The summed E-state index contributed by atoms with van der Waals surface area (Å²) in [5, 5.41) is 0. The van der Waals surface area contributed by atoms with Gasteiger partial charge in [-0.15, -0.1) is 11.8 Å². The topological polar surface area (TPSA) is 72.9 Å². The minimum Gasteiger partial charge on any atom is -0.466 e. The van der Waals surface area contributed by atoms with Crippen LogP contribution in [0.5, 0.6) is 0 Å². The summed E-state index contributed by atoms with van der Waals surface area (Å²) in [6.45, 7) is 1.91. The van der Waals surface area contributed by atoms with Crippen molar-refractivity contribution in [1.29, 1.82) is 0 Å². The van der Waals surface area contributed by atoms with Crippen LogP contribution >= 0.6 is 11.8 Å². The molecule has 0 spiro atoms. The monoisotopic (exact) mass is 423 g/mol. The number of hydrogen-bond acceptors (Lipinski definition) is 6. The van der Waals surface area contributed by atoms with E-state index in [1.54, 1.807) is 6.92 Å². The minimum atomic E-state index is -1.36. The first-order valence-electron chi connectivity index (χ1n) is 9.59. The Labute approximate surface area is 178 Å². The third kappa shape index (κ3) is 2.55. The molecule has 0 aliphatic carbocycles. The second-order valence-corrected chi connectivity index (χ2v) is 8.12. The van der Waals surface area contributed by atoms with Gasteiger partial charge in [-0.05, 0) is 18.1 Å². The molecule has 2 aromatic rings. The van der Waals surface area contributed by atoms with Crippen LogP contribution in [0.25, 0.3) is 0 Å². The molecule has 0 N–H and O–H groups in total. The van der Waals surface area contributed by atoms with Gasteiger partial charge in [-0.1, -0.05) is 60.7 Å². The minimum absolute atomic E-state index is 0.177. The van der Waals surface area contributed by atoms with Gasteiger partial charge >= 0.3 is 11.9 Å². The zero-order valence-electron chi connectivity index (χ0n) is 16.7. The first-order valence-corrected chi connectivity index (χ1v) is 10.6. The number of β-lactam (4-membered cyclic amide) rings is 1. The largest absolute Gasteiger partial charge is 0.466 e. The summed E-state index contributed by atoms with van der Waals surface area (Å²) in [5.74, 6) is -1.11. The molecule has 0 radical (unpaired) electrons. The number of esters is 2. The molecule has 1 amide bonds. The summed E-state index contributed by atoms with van der Waals surface area (Å²) < 4.78 is 10.3. The van der Waals surface area contributed by atoms with E-state index in [2.05, 4.69) is 0 Å². The lowest BCUT2D eigenvalue weighted by Gasteiger charge is -2.62. The molecule has 6 nitrogen and oxygen atoms in total. The van der Waals surface area contributed by atoms with E-state index in [1.807, 2.05) is 60.7 Å². The quantitative estimate of drug-likeness (QED) is 0.544. The molecule has 1 atom stereocenters. The fourth-order valence-electron chi connectivity index (χ4n) is 4.26. The standard InChI is InChI=1S/C23H21NO5S/c1-3-29-21(27)23-22(17-10-6-4-7-11-17,18-12-8-5-9-13-18)20(26)24(23)14-16(15-30-23)19(25)28-2/h4-14H,3,15H2,1-2H3. The van der Waals surface area contributed by atoms with Crippen molar-refractivity contribution in [3.05, 3.63) is 83.6 Å². The highest BCUT2D eigenvalue weighted by Crippen LogP contribution is 2.62. The molecule has 1 fully saturated rings. The highest BCUT2D eigenvalue weighted by molar-refractivity contribution is 8.01. The lowest BCUT2D eigenvalue weighted by molar-refractivity contribution is -0.175. The number of benzene rings is 2. The summed E-state index contributed by atoms with van der Waals surface area (Å²) in [4.78, 5) is 39.3. The van der Waals surface area contributed by atoms with Crippen LogP contribution in [0.3, 0.4) is 0 Å². The van der Waals surface area contributed by atoms with Crippen LogP contribution in [0.1, 0.15) is 18.1 Å². The maximum Gasteiger partial charge on any atom is 0.345 e. The molecule has 154 valence electrons. The van der Waals surface area contributed by atoms with Gasteiger partial charge in [-0.3, -0.25) is 9.69 Å². The predicted molar refractivity (Wildman–Crippen MR) is 112 cm³/mol. The van der Waals surface area contributed by atoms with E-state index >= 15 is 0 Å². The molecule has 0 aromatic heterocycles. The number of carbonyl (C=O) groups is 3. The zero-order valence-corrected chi connectivity index (χ0v) is 17.5. The van der Waals surface area contributed by atoms with Crippen molar-refractivity contribution in [2.45, 2.75) is 17.2 Å². The van der Waals surface area contributed by atoms with Crippen LogP contribution < -0.4 is 0 Å². The van der Waals surface area contributed by atoms with Crippen molar-refractivity contribution in [2.24, 2.45) is 0 Å². The molecular formula is C23H21NO5S. The molecule has 2 aromatic carbocycles. The van der Waals surface area contributed by atoms with Gasteiger partial charge in [0.25, 0.3) is 0 Å². The third-order valence-electron chi connectivity index (χ3n) is 5.52. The molecule has 0 bridgehead atoms. The fraction of sp³-hybridized carbons (Fsp3) is 0.261. The van der Waals surface area contributed by atoms with Crippen molar-refractivity contribution in [3.8, 4) is 0 Å². The number of rotatable bonds is 5. The molecule has 7 heteroatoms. The Hall–Kier alpha value is -3.06. The number of methoxy groups -OCH3 is 1. The Kier molecular flexibility index (Phi) is 5.15. The van der Waals surface area contributed by atoms with Crippen molar-refractivity contribution in [3.63, 3.8) is 0 Å². The van der Waals surface area contributed by atoms with Gasteiger partial charge in [-0.25, -0.2) is 9.59 Å². The SMILES string of the molecule is CCOC(=O)C12SCC(C(=O)OC)=CN1C(=O)C2(c1ccccc1)c1ccccc1. The molecule has 2 aliphatic rings. The fourth-order valence-corrected chi connectivity index (χ4v) is 5.81. The summed E-state index contributed by atoms with van der Waals surface area (Å²) in [6, 6.07) is 18.5. The van der Waals surface area contributed by atoms with Gasteiger partial charge in [0.2, 0.25) is 10.8 Å². The summed E-state index contributed by atoms with van der Waals surface area (Å²) >= 11 is 1.22. The molecule has 2 heterocycles. The third-order valence-corrected chi connectivity index (χ3v) is 7.06. The Morgan fingerprint density at radius 2 is 1.60 bits per heavy atom. The van der Waals surface area contributed by atoms with E-state index in [0.29, 0.717) is 16.7 Å². The van der Waals surface area contributed by atoms with E-state index in [0.717, 1.165) is 0 Å². The van der Waals surface area contributed by atoms with Gasteiger partial charge in [0.1, 0.15) is 5.41 Å². The molecule has 30 heavy (non-hydrogen) atoms. The van der Waals surface area contributed by atoms with E-state index in [4.69, 9.17) is 9.47 Å².